The third-order valence-corrected chi connectivity index (χ3v) is 2.10. The summed E-state index contributed by atoms with van der Waals surface area (Å²) in [5.41, 5.74) is 0.590. The number of rotatable bonds is 2. The lowest BCUT2D eigenvalue weighted by Crippen LogP contribution is -1.95. The van der Waals surface area contributed by atoms with E-state index in [0.29, 0.717) is 0 Å². The Morgan fingerprint density at radius 1 is 1.38 bits per heavy atom. The third-order valence-electron chi connectivity index (χ3n) is 1.79. The summed E-state index contributed by atoms with van der Waals surface area (Å²) in [6.07, 6.45) is -1.03. The molecule has 0 aromatic carbocycles. The highest BCUT2D eigenvalue weighted by Gasteiger charge is 2.14. The van der Waals surface area contributed by atoms with Gasteiger partial charge in [0.15, 0.2) is 0 Å². The van der Waals surface area contributed by atoms with Crippen molar-refractivity contribution >= 4 is 11.6 Å². The van der Waals surface area contributed by atoms with Crippen LogP contribution in [-0.2, 0) is 0 Å². The van der Waals surface area contributed by atoms with Crippen molar-refractivity contribution in [2.45, 2.75) is 26.2 Å². The lowest BCUT2D eigenvalue weighted by atomic mass is 10.0. The molecular formula is C9H10ClF2N. The normalized spacial score (nSPS) is 11.3. The number of hydrogen-bond donors (Lipinski definition) is 0. The van der Waals surface area contributed by atoms with Gasteiger partial charge in [0.2, 0.25) is 0 Å². The van der Waals surface area contributed by atoms with E-state index in [1.54, 1.807) is 0 Å². The second-order valence-electron chi connectivity index (χ2n) is 3.10. The maximum absolute atomic E-state index is 12.3. The first-order chi connectivity index (χ1) is 6.02. The molecule has 1 nitrogen and oxygen atoms in total. The Morgan fingerprint density at radius 3 is 2.46 bits per heavy atom. The zero-order valence-electron chi connectivity index (χ0n) is 7.39. The fraction of sp³-hybridized carbons (Fsp3) is 0.444. The summed E-state index contributed by atoms with van der Waals surface area (Å²) in [4.78, 5) is 3.71. The molecule has 72 valence electrons. The van der Waals surface area contributed by atoms with Crippen molar-refractivity contribution < 1.29 is 8.78 Å². The minimum atomic E-state index is -2.56. The van der Waals surface area contributed by atoms with Gasteiger partial charge in [-0.1, -0.05) is 25.4 Å². The van der Waals surface area contributed by atoms with Crippen LogP contribution in [-0.4, -0.2) is 4.98 Å². The fourth-order valence-corrected chi connectivity index (χ4v) is 1.14. The molecule has 0 amide bonds. The zero-order valence-corrected chi connectivity index (χ0v) is 8.15. The Labute approximate surface area is 80.7 Å². The summed E-state index contributed by atoms with van der Waals surface area (Å²) >= 11 is 5.50. The topological polar surface area (TPSA) is 12.9 Å². The van der Waals surface area contributed by atoms with E-state index in [9.17, 15) is 8.78 Å². The summed E-state index contributed by atoms with van der Waals surface area (Å²) in [6.45, 7) is 3.83. The van der Waals surface area contributed by atoms with Crippen LogP contribution in [0.15, 0.2) is 12.3 Å². The lowest BCUT2D eigenvalue weighted by molar-refractivity contribution is 0.151. The first-order valence-electron chi connectivity index (χ1n) is 3.96. The minimum absolute atomic E-state index is 0.112. The molecule has 0 aliphatic rings. The van der Waals surface area contributed by atoms with Gasteiger partial charge in [0.25, 0.3) is 6.43 Å². The van der Waals surface area contributed by atoms with Gasteiger partial charge in [-0.2, -0.15) is 0 Å². The van der Waals surface area contributed by atoms with E-state index in [-0.39, 0.29) is 16.6 Å². The van der Waals surface area contributed by atoms with Crippen molar-refractivity contribution in [3.05, 3.63) is 28.5 Å². The summed E-state index contributed by atoms with van der Waals surface area (Å²) < 4.78 is 24.7. The van der Waals surface area contributed by atoms with Crippen molar-refractivity contribution in [3.63, 3.8) is 0 Å². The van der Waals surface area contributed by atoms with Crippen molar-refractivity contribution in [1.29, 1.82) is 0 Å². The van der Waals surface area contributed by atoms with Crippen LogP contribution in [0, 0.1) is 0 Å². The van der Waals surface area contributed by atoms with E-state index in [0.717, 1.165) is 5.56 Å². The molecule has 4 heteroatoms. The molecule has 0 fully saturated rings. The molecule has 1 aromatic rings. The monoisotopic (exact) mass is 205 g/mol. The second kappa shape index (κ2) is 4.01. The molecule has 0 N–H and O–H groups in total. The number of halogens is 3. The Morgan fingerprint density at radius 2 is 2.00 bits per heavy atom. The Balaban J connectivity index is 3.11. The van der Waals surface area contributed by atoms with Gasteiger partial charge in [-0.05, 0) is 17.5 Å². The number of hydrogen-bond acceptors (Lipinski definition) is 1. The van der Waals surface area contributed by atoms with Gasteiger partial charge in [-0.3, -0.25) is 0 Å². The van der Waals surface area contributed by atoms with E-state index < -0.39 is 6.43 Å². The van der Waals surface area contributed by atoms with Gasteiger partial charge in [-0.25, -0.2) is 13.8 Å². The number of pyridine rings is 1. The summed E-state index contributed by atoms with van der Waals surface area (Å²) in [7, 11) is 0. The molecule has 0 aliphatic heterocycles. The van der Waals surface area contributed by atoms with Crippen LogP contribution in [0.1, 0.15) is 37.3 Å². The van der Waals surface area contributed by atoms with Gasteiger partial charge in [-0.15, -0.1) is 0 Å². The molecule has 13 heavy (non-hydrogen) atoms. The molecule has 0 bridgehead atoms. The molecule has 1 heterocycles. The van der Waals surface area contributed by atoms with Crippen LogP contribution < -0.4 is 0 Å². The average molecular weight is 206 g/mol. The molecule has 1 rings (SSSR count). The molecule has 0 radical (unpaired) electrons. The van der Waals surface area contributed by atoms with Gasteiger partial charge in [0.05, 0.1) is 5.56 Å². The van der Waals surface area contributed by atoms with Gasteiger partial charge < -0.3 is 0 Å². The second-order valence-corrected chi connectivity index (χ2v) is 3.46. The van der Waals surface area contributed by atoms with Crippen LogP contribution in [0.25, 0.3) is 0 Å². The minimum Gasteiger partial charge on any atom is -0.244 e. The van der Waals surface area contributed by atoms with Gasteiger partial charge >= 0.3 is 0 Å². The predicted octanol–water partition coefficient (Wildman–Crippen LogP) is 3.80. The maximum atomic E-state index is 12.3. The first kappa shape index (κ1) is 10.4. The van der Waals surface area contributed by atoms with E-state index in [2.05, 4.69) is 4.98 Å². The molecule has 0 unspecified atom stereocenters. The van der Waals surface area contributed by atoms with Crippen molar-refractivity contribution in [3.8, 4) is 0 Å². The number of aromatic nitrogens is 1. The van der Waals surface area contributed by atoms with Crippen molar-refractivity contribution in [2.75, 3.05) is 0 Å². The molecule has 1 aromatic heterocycles. The zero-order chi connectivity index (χ0) is 10.0. The predicted molar refractivity (Wildman–Crippen MR) is 48.3 cm³/mol. The van der Waals surface area contributed by atoms with Crippen LogP contribution in [0.4, 0.5) is 8.78 Å². The van der Waals surface area contributed by atoms with Crippen LogP contribution in [0.2, 0.25) is 5.15 Å². The molecule has 0 aliphatic carbocycles. The molecule has 0 atom stereocenters. The van der Waals surface area contributed by atoms with Crippen molar-refractivity contribution in [1.82, 2.24) is 4.98 Å². The smallest absolute Gasteiger partial charge is 0.244 e. The Hall–Kier alpha value is -0.700. The molecule has 0 spiro atoms. The highest BCUT2D eigenvalue weighted by Crippen LogP contribution is 2.27. The van der Waals surface area contributed by atoms with Crippen LogP contribution in [0.5, 0.6) is 0 Å². The quantitative estimate of drug-likeness (QED) is 0.670. The SMILES string of the molecule is CC(C)c1cnc(Cl)c(C(F)F)c1. The van der Waals surface area contributed by atoms with Gasteiger partial charge in [0, 0.05) is 6.20 Å². The summed E-state index contributed by atoms with van der Waals surface area (Å²) in [5, 5.41) is -0.112. The highest BCUT2D eigenvalue weighted by atomic mass is 35.5. The highest BCUT2D eigenvalue weighted by molar-refractivity contribution is 6.30. The summed E-state index contributed by atoms with van der Waals surface area (Å²) in [5.74, 6) is 0.183. The number of alkyl halides is 2. The maximum Gasteiger partial charge on any atom is 0.266 e. The van der Waals surface area contributed by atoms with Crippen LogP contribution in [0.3, 0.4) is 0 Å². The van der Waals surface area contributed by atoms with Crippen LogP contribution >= 0.6 is 11.6 Å². The lowest BCUT2D eigenvalue weighted by Gasteiger charge is -2.08. The van der Waals surface area contributed by atoms with E-state index in [4.69, 9.17) is 11.6 Å². The van der Waals surface area contributed by atoms with E-state index in [1.165, 1.54) is 12.3 Å². The van der Waals surface area contributed by atoms with E-state index >= 15 is 0 Å². The molecule has 0 saturated carbocycles. The Bertz CT molecular complexity index is 300. The Kier molecular flexibility index (Phi) is 3.20. The van der Waals surface area contributed by atoms with Crippen molar-refractivity contribution in [2.24, 2.45) is 0 Å². The summed E-state index contributed by atoms with van der Waals surface area (Å²) in [6, 6.07) is 1.41. The molecular weight excluding hydrogens is 196 g/mol. The van der Waals surface area contributed by atoms with Gasteiger partial charge in [0.1, 0.15) is 5.15 Å². The molecule has 0 saturated heterocycles. The fourth-order valence-electron chi connectivity index (χ4n) is 0.951. The largest absolute Gasteiger partial charge is 0.266 e. The van der Waals surface area contributed by atoms with E-state index in [1.807, 2.05) is 13.8 Å². The third kappa shape index (κ3) is 2.37. The first-order valence-corrected chi connectivity index (χ1v) is 4.33. The number of nitrogens with zero attached hydrogens (tertiary/aromatic N) is 1. The average Bonchev–Trinajstić information content (AvgIpc) is 2.04. The standard InChI is InChI=1S/C9H10ClF2N/c1-5(2)6-3-7(9(11)12)8(10)13-4-6/h3-5,9H,1-2H3.